The molecule has 15 heteroatoms. The molecule has 2 aliphatic heterocycles. The van der Waals surface area contributed by atoms with Crippen LogP contribution in [0.25, 0.3) is 11.3 Å². The summed E-state index contributed by atoms with van der Waals surface area (Å²) in [6.45, 7) is 1.56. The molecule has 0 radical (unpaired) electrons. The van der Waals surface area contributed by atoms with Crippen molar-refractivity contribution in [3.8, 4) is 11.3 Å². The Morgan fingerprint density at radius 2 is 1.87 bits per heavy atom. The number of amides is 1. The average molecular weight is 654 g/mol. The molecule has 1 unspecified atom stereocenters. The lowest BCUT2D eigenvalue weighted by Crippen LogP contribution is -2.37. The Morgan fingerprint density at radius 3 is 2.51 bits per heavy atom. The lowest BCUT2D eigenvalue weighted by molar-refractivity contribution is -0.138. The first-order valence-corrected chi connectivity index (χ1v) is 16.4. The van der Waals surface area contributed by atoms with Crippen molar-refractivity contribution >= 4 is 15.9 Å². The number of aliphatic hydroxyl groups excluding tert-OH is 2. The van der Waals surface area contributed by atoms with E-state index in [0.717, 1.165) is 37.4 Å². The van der Waals surface area contributed by atoms with Crippen LogP contribution in [0.15, 0.2) is 42.5 Å². The largest absolute Gasteiger partial charge is 0.416 e. The van der Waals surface area contributed by atoms with Crippen LogP contribution >= 0.6 is 0 Å². The highest BCUT2D eigenvalue weighted by molar-refractivity contribution is 7.88. The van der Waals surface area contributed by atoms with Gasteiger partial charge in [0.1, 0.15) is 5.82 Å². The molecule has 45 heavy (non-hydrogen) atoms. The van der Waals surface area contributed by atoms with Gasteiger partial charge >= 0.3 is 6.18 Å². The summed E-state index contributed by atoms with van der Waals surface area (Å²) < 4.78 is 83.0. The third kappa shape index (κ3) is 7.72. The van der Waals surface area contributed by atoms with Crippen molar-refractivity contribution in [1.29, 1.82) is 0 Å². The second kappa shape index (κ2) is 13.2. The zero-order chi connectivity index (χ0) is 32.5. The minimum Gasteiger partial charge on any atom is -0.396 e. The molecular formula is C30H35F4N5O5S. The number of benzene rings is 2. The molecule has 1 aromatic heterocycles. The molecule has 3 aromatic rings. The number of nitrogens with one attached hydrogen (secondary N) is 1. The summed E-state index contributed by atoms with van der Waals surface area (Å²) in [5.74, 6) is -1.09. The van der Waals surface area contributed by atoms with Crippen LogP contribution in [0.1, 0.15) is 39.2 Å². The number of β-amino-alcohol motifs (C(OH)–C–C–N with tert-alkyl or cyclic N) is 1. The molecule has 3 heterocycles. The lowest BCUT2D eigenvalue weighted by Gasteiger charge is -2.26. The van der Waals surface area contributed by atoms with Gasteiger partial charge in [-0.3, -0.25) is 9.48 Å². The number of likely N-dealkylation sites (tertiary alicyclic amines) is 1. The monoisotopic (exact) mass is 653 g/mol. The number of carbonyl (C=O) groups excluding carboxylic acids is 1. The maximum Gasteiger partial charge on any atom is 0.416 e. The van der Waals surface area contributed by atoms with Crippen LogP contribution in [0.2, 0.25) is 0 Å². The van der Waals surface area contributed by atoms with Crippen LogP contribution in [-0.4, -0.2) is 88.7 Å². The Bertz CT molecular complexity index is 1650. The number of nitrogens with zero attached hydrogens (tertiary/aromatic N) is 4. The van der Waals surface area contributed by atoms with Crippen LogP contribution in [0.5, 0.6) is 0 Å². The number of alkyl halides is 3. The van der Waals surface area contributed by atoms with E-state index in [1.165, 1.54) is 28.6 Å². The predicted octanol–water partition coefficient (Wildman–Crippen LogP) is 2.63. The van der Waals surface area contributed by atoms with Crippen molar-refractivity contribution in [1.82, 2.24) is 24.3 Å². The van der Waals surface area contributed by atoms with Crippen LogP contribution in [0.4, 0.5) is 17.6 Å². The molecule has 0 bridgehead atoms. The van der Waals surface area contributed by atoms with Crippen molar-refractivity contribution in [2.45, 2.75) is 44.8 Å². The SMILES string of the molecule is CS(=O)(=O)N1CCc2c(c(-c3ccc(C(F)(F)F)c(CNC(=O)c4ccc(F)cc4)c3)nn2C[C@@H](O)CN2CCC(CO)C2)C1. The summed E-state index contributed by atoms with van der Waals surface area (Å²) in [4.78, 5) is 14.7. The summed E-state index contributed by atoms with van der Waals surface area (Å²) in [5, 5.41) is 27.5. The Labute approximate surface area is 258 Å². The smallest absolute Gasteiger partial charge is 0.396 e. The van der Waals surface area contributed by atoms with Gasteiger partial charge in [0.05, 0.1) is 30.2 Å². The number of fused-ring (bicyclic) bond motifs is 1. The van der Waals surface area contributed by atoms with Gasteiger partial charge in [-0.2, -0.15) is 22.6 Å². The molecule has 2 aliphatic rings. The zero-order valence-electron chi connectivity index (χ0n) is 24.6. The Hall–Kier alpha value is -3.37. The van der Waals surface area contributed by atoms with Gasteiger partial charge in [-0.05, 0) is 60.8 Å². The number of halogens is 4. The zero-order valence-corrected chi connectivity index (χ0v) is 25.4. The normalized spacial score (nSPS) is 18.6. The first-order valence-electron chi connectivity index (χ1n) is 14.5. The van der Waals surface area contributed by atoms with Gasteiger partial charge in [-0.15, -0.1) is 0 Å². The standard InChI is InChI=1S/C30H35F4N5O5S/c1-45(43,44)38-11-9-27-25(17-38)28(36-39(27)16-24(41)15-37-10-8-19(14-37)18-40)21-4-7-26(30(32,33)34)22(12-21)13-35-29(42)20-2-5-23(31)6-3-20/h2-7,12,19,24,40-41H,8-11,13-18H2,1H3,(H,35,42)/t19?,24-/m0/s1. The summed E-state index contributed by atoms with van der Waals surface area (Å²) in [5.41, 5.74) is 0.673. The Balaban J connectivity index is 1.46. The molecule has 0 spiro atoms. The minimum absolute atomic E-state index is 0.0401. The molecule has 2 atom stereocenters. The molecule has 5 rings (SSSR count). The third-order valence-corrected chi connectivity index (χ3v) is 9.53. The maximum absolute atomic E-state index is 14.0. The van der Waals surface area contributed by atoms with Crippen molar-refractivity contribution in [3.63, 3.8) is 0 Å². The quantitative estimate of drug-likeness (QED) is 0.287. The molecule has 0 saturated carbocycles. The number of rotatable bonds is 10. The van der Waals surface area contributed by atoms with E-state index in [1.54, 1.807) is 4.68 Å². The fourth-order valence-corrected chi connectivity index (χ4v) is 6.74. The number of hydrogen-bond acceptors (Lipinski definition) is 7. The summed E-state index contributed by atoms with van der Waals surface area (Å²) in [6.07, 6.45) is -3.36. The molecule has 1 amide bonds. The van der Waals surface area contributed by atoms with E-state index in [0.29, 0.717) is 36.3 Å². The van der Waals surface area contributed by atoms with Crippen LogP contribution in [0, 0.1) is 11.7 Å². The van der Waals surface area contributed by atoms with Crippen molar-refractivity contribution in [3.05, 3.63) is 76.2 Å². The summed E-state index contributed by atoms with van der Waals surface area (Å²) >= 11 is 0. The highest BCUT2D eigenvalue weighted by Gasteiger charge is 2.35. The van der Waals surface area contributed by atoms with E-state index in [1.807, 2.05) is 0 Å². The number of aliphatic hydroxyl groups is 2. The molecule has 244 valence electrons. The van der Waals surface area contributed by atoms with Gasteiger partial charge in [-0.25, -0.2) is 12.8 Å². The highest BCUT2D eigenvalue weighted by atomic mass is 32.2. The molecule has 2 aromatic carbocycles. The van der Waals surface area contributed by atoms with E-state index < -0.39 is 46.1 Å². The average Bonchev–Trinajstić information content (AvgIpc) is 3.59. The molecule has 1 fully saturated rings. The van der Waals surface area contributed by atoms with E-state index in [9.17, 15) is 41.0 Å². The minimum atomic E-state index is -4.73. The van der Waals surface area contributed by atoms with Crippen molar-refractivity contribution in [2.75, 3.05) is 39.0 Å². The number of hydrogen-bond donors (Lipinski definition) is 3. The van der Waals surface area contributed by atoms with Crippen molar-refractivity contribution in [2.24, 2.45) is 5.92 Å². The van der Waals surface area contributed by atoms with E-state index in [4.69, 9.17) is 0 Å². The number of aromatic nitrogens is 2. The third-order valence-electron chi connectivity index (χ3n) is 8.28. The topological polar surface area (TPSA) is 128 Å². The fourth-order valence-electron chi connectivity index (χ4n) is 5.96. The number of sulfonamides is 1. The molecule has 10 nitrogen and oxygen atoms in total. The Kier molecular flexibility index (Phi) is 9.65. The molecule has 3 N–H and O–H groups in total. The predicted molar refractivity (Wildman–Crippen MR) is 157 cm³/mol. The van der Waals surface area contributed by atoms with Gasteiger partial charge in [0.25, 0.3) is 5.91 Å². The van der Waals surface area contributed by atoms with Gasteiger partial charge in [-0.1, -0.05) is 6.07 Å². The highest BCUT2D eigenvalue weighted by Crippen LogP contribution is 2.37. The summed E-state index contributed by atoms with van der Waals surface area (Å²) in [6, 6.07) is 8.03. The second-order valence-corrected chi connectivity index (χ2v) is 13.6. The molecular weight excluding hydrogens is 618 g/mol. The van der Waals surface area contributed by atoms with E-state index in [-0.39, 0.29) is 49.0 Å². The first kappa shape index (κ1) is 33.0. The van der Waals surface area contributed by atoms with Crippen LogP contribution in [0.3, 0.4) is 0 Å². The molecule has 1 saturated heterocycles. The second-order valence-electron chi connectivity index (χ2n) is 11.6. The maximum atomic E-state index is 14.0. The first-order chi connectivity index (χ1) is 21.2. The van der Waals surface area contributed by atoms with Gasteiger partial charge < -0.3 is 20.4 Å². The molecule has 0 aliphatic carbocycles. The van der Waals surface area contributed by atoms with E-state index in [2.05, 4.69) is 15.3 Å². The van der Waals surface area contributed by atoms with Crippen LogP contribution < -0.4 is 5.32 Å². The van der Waals surface area contributed by atoms with Crippen LogP contribution in [-0.2, 0) is 42.3 Å². The lowest BCUT2D eigenvalue weighted by atomic mass is 9.97. The number of carbonyl (C=O) groups is 1. The van der Waals surface area contributed by atoms with E-state index >= 15 is 0 Å². The van der Waals surface area contributed by atoms with Crippen molar-refractivity contribution < 1.29 is 41.0 Å². The van der Waals surface area contributed by atoms with Gasteiger partial charge in [0.15, 0.2) is 0 Å². The van der Waals surface area contributed by atoms with Gasteiger partial charge in [0, 0.05) is 68.1 Å². The Morgan fingerprint density at radius 1 is 1.13 bits per heavy atom. The van der Waals surface area contributed by atoms with Gasteiger partial charge in [0.2, 0.25) is 10.0 Å². The fraction of sp³-hybridized carbons (Fsp3) is 0.467. The summed E-state index contributed by atoms with van der Waals surface area (Å²) in [7, 11) is -3.59.